The summed E-state index contributed by atoms with van der Waals surface area (Å²) in [5.41, 5.74) is 2.45. The van der Waals surface area contributed by atoms with Gasteiger partial charge in [0.2, 0.25) is 0 Å². The quantitative estimate of drug-likeness (QED) is 0.188. The highest BCUT2D eigenvalue weighted by Gasteiger charge is 2.33. The van der Waals surface area contributed by atoms with Crippen LogP contribution in [0.1, 0.15) is 46.6 Å². The number of ether oxygens (including phenoxy) is 1. The average Bonchev–Trinajstić information content (AvgIpc) is 3.23. The van der Waals surface area contributed by atoms with Gasteiger partial charge in [0.05, 0.1) is 29.9 Å². The Morgan fingerprint density at radius 1 is 1.15 bits per heavy atom. The number of thiophene rings is 1. The van der Waals surface area contributed by atoms with Crippen molar-refractivity contribution in [2.75, 3.05) is 5.75 Å². The predicted molar refractivity (Wildman–Crippen MR) is 138 cm³/mol. The van der Waals surface area contributed by atoms with Crippen molar-refractivity contribution in [1.29, 1.82) is 0 Å². The van der Waals surface area contributed by atoms with Crippen LogP contribution in [-0.2, 0) is 24.3 Å². The third-order valence-corrected chi connectivity index (χ3v) is 8.50. The van der Waals surface area contributed by atoms with E-state index in [9.17, 15) is 9.59 Å². The molecule has 0 aliphatic carbocycles. The van der Waals surface area contributed by atoms with E-state index in [1.54, 1.807) is 4.57 Å². The molecule has 0 saturated carbocycles. The Morgan fingerprint density at radius 2 is 1.85 bits per heavy atom. The van der Waals surface area contributed by atoms with Crippen LogP contribution in [0, 0.1) is 0 Å². The van der Waals surface area contributed by atoms with Crippen LogP contribution in [0.25, 0.3) is 10.2 Å². The van der Waals surface area contributed by atoms with Crippen LogP contribution in [0.5, 0.6) is 0 Å². The molecule has 1 aliphatic rings. The van der Waals surface area contributed by atoms with Crippen LogP contribution >= 0.6 is 23.1 Å². The maximum absolute atomic E-state index is 13.9. The van der Waals surface area contributed by atoms with Crippen molar-refractivity contribution in [3.05, 3.63) is 92.6 Å². The van der Waals surface area contributed by atoms with Gasteiger partial charge in [-0.3, -0.25) is 14.2 Å². The Hall–Kier alpha value is -2.74. The van der Waals surface area contributed by atoms with Crippen LogP contribution in [0.3, 0.4) is 0 Å². The fourth-order valence-electron chi connectivity index (χ4n) is 4.21. The van der Waals surface area contributed by atoms with Gasteiger partial charge in [-0.1, -0.05) is 79.3 Å². The highest BCUT2D eigenvalue weighted by atomic mass is 32.2. The van der Waals surface area contributed by atoms with Gasteiger partial charge in [0.25, 0.3) is 5.56 Å². The van der Waals surface area contributed by atoms with E-state index >= 15 is 0 Å². The Kier molecular flexibility index (Phi) is 6.42. The smallest absolute Gasteiger partial charge is 0.263 e. The molecule has 3 heterocycles. The molecule has 2 aromatic carbocycles. The molecular formula is C27H26N2O3S2. The average molecular weight is 491 g/mol. The van der Waals surface area contributed by atoms with Crippen molar-refractivity contribution in [2.24, 2.45) is 0 Å². The number of fused-ring (bicyclic) bond motifs is 3. The molecule has 0 radical (unpaired) electrons. The van der Waals surface area contributed by atoms with E-state index in [1.165, 1.54) is 23.1 Å². The van der Waals surface area contributed by atoms with E-state index in [0.717, 1.165) is 27.3 Å². The summed E-state index contributed by atoms with van der Waals surface area (Å²) < 4.78 is 7.85. The Bertz CT molecular complexity index is 1400. The van der Waals surface area contributed by atoms with Gasteiger partial charge >= 0.3 is 0 Å². The Balaban J connectivity index is 1.57. The number of thioether (sulfide) groups is 1. The summed E-state index contributed by atoms with van der Waals surface area (Å²) >= 11 is 2.86. The zero-order chi connectivity index (χ0) is 23.7. The molecule has 34 heavy (non-hydrogen) atoms. The van der Waals surface area contributed by atoms with Crippen LogP contribution in [0.15, 0.2) is 70.6 Å². The lowest BCUT2D eigenvalue weighted by Crippen LogP contribution is -2.34. The molecule has 4 aromatic rings. The number of benzene rings is 2. The minimum absolute atomic E-state index is 0.0174. The third kappa shape index (κ3) is 4.48. The van der Waals surface area contributed by atoms with Crippen LogP contribution < -0.4 is 5.56 Å². The highest BCUT2D eigenvalue weighted by molar-refractivity contribution is 7.99. The topological polar surface area (TPSA) is 61.2 Å². The second-order valence-corrected chi connectivity index (χ2v) is 10.8. The van der Waals surface area contributed by atoms with E-state index in [2.05, 4.69) is 13.8 Å². The molecule has 0 bridgehead atoms. The molecule has 0 saturated heterocycles. The van der Waals surface area contributed by atoms with Crippen LogP contribution in [-0.4, -0.2) is 26.7 Å². The largest absolute Gasteiger partial charge is 0.369 e. The number of aromatic nitrogens is 2. The van der Waals surface area contributed by atoms with Crippen molar-refractivity contribution < 1.29 is 9.53 Å². The van der Waals surface area contributed by atoms with Gasteiger partial charge in [0.15, 0.2) is 10.9 Å². The molecule has 174 valence electrons. The number of nitrogens with zero attached hydrogens (tertiary/aromatic N) is 2. The van der Waals surface area contributed by atoms with E-state index in [1.807, 2.05) is 60.7 Å². The van der Waals surface area contributed by atoms with Gasteiger partial charge in [-0.25, -0.2) is 4.98 Å². The summed E-state index contributed by atoms with van der Waals surface area (Å²) in [7, 11) is 0. The summed E-state index contributed by atoms with van der Waals surface area (Å²) in [5, 5.41) is 1.28. The van der Waals surface area contributed by atoms with Crippen molar-refractivity contribution >= 4 is 39.1 Å². The van der Waals surface area contributed by atoms with Gasteiger partial charge in [0, 0.05) is 16.9 Å². The molecule has 7 heteroatoms. The highest BCUT2D eigenvalue weighted by Crippen LogP contribution is 2.39. The molecule has 2 aromatic heterocycles. The van der Waals surface area contributed by atoms with Crippen LogP contribution in [0.4, 0.5) is 0 Å². The fourth-order valence-corrected chi connectivity index (χ4v) is 6.25. The molecule has 1 aliphatic heterocycles. The number of carbonyl (C=O) groups is 1. The minimum Gasteiger partial charge on any atom is -0.369 e. The maximum atomic E-state index is 13.9. The predicted octanol–water partition coefficient (Wildman–Crippen LogP) is 5.72. The first-order valence-electron chi connectivity index (χ1n) is 11.4. The molecule has 0 fully saturated rings. The SMILES string of the molecule is CC[C@]1(C)Cc2c(sc3nc(SCC(=O)c4ccccc4)n(Cc4ccccc4)c(=O)c23)CO1. The molecule has 1 atom stereocenters. The van der Waals surface area contributed by atoms with Gasteiger partial charge in [-0.2, -0.15) is 0 Å². The molecule has 5 nitrogen and oxygen atoms in total. The fraction of sp³-hybridized carbons (Fsp3) is 0.296. The molecule has 0 spiro atoms. The summed E-state index contributed by atoms with van der Waals surface area (Å²) in [6.45, 7) is 5.14. The Morgan fingerprint density at radius 3 is 2.56 bits per heavy atom. The third-order valence-electron chi connectivity index (χ3n) is 6.42. The molecule has 0 N–H and O–H groups in total. The lowest BCUT2D eigenvalue weighted by Gasteiger charge is -2.32. The maximum Gasteiger partial charge on any atom is 0.263 e. The van der Waals surface area contributed by atoms with E-state index in [4.69, 9.17) is 9.72 Å². The zero-order valence-electron chi connectivity index (χ0n) is 19.2. The van der Waals surface area contributed by atoms with Crippen LogP contribution in [0.2, 0.25) is 0 Å². The molecule has 0 unspecified atom stereocenters. The standard InChI is InChI=1S/C27H26N2O3S2/c1-3-27(2)14-20-22(16-32-27)34-24-23(20)25(31)29(15-18-10-6-4-7-11-18)26(28-24)33-17-21(30)19-12-8-5-9-13-19/h4-13H,3,14-17H2,1-2H3/t27-/m1/s1. The number of hydrogen-bond donors (Lipinski definition) is 0. The first-order chi connectivity index (χ1) is 16.5. The number of Topliss-reactive ketones (excluding diaryl/α,β-unsaturated/α-hetero) is 1. The van der Waals surface area contributed by atoms with E-state index in [-0.39, 0.29) is 22.7 Å². The number of hydrogen-bond acceptors (Lipinski definition) is 6. The molecular weight excluding hydrogens is 464 g/mol. The summed E-state index contributed by atoms with van der Waals surface area (Å²) in [5.74, 6) is 0.238. The number of rotatable bonds is 7. The number of ketones is 1. The molecule has 5 rings (SSSR count). The number of carbonyl (C=O) groups excluding carboxylic acids is 1. The first-order valence-corrected chi connectivity index (χ1v) is 13.2. The van der Waals surface area contributed by atoms with Crippen molar-refractivity contribution in [3.63, 3.8) is 0 Å². The second-order valence-electron chi connectivity index (χ2n) is 8.80. The summed E-state index contributed by atoms with van der Waals surface area (Å²) in [6.07, 6.45) is 1.59. The van der Waals surface area contributed by atoms with Gasteiger partial charge < -0.3 is 4.74 Å². The van der Waals surface area contributed by atoms with Gasteiger partial charge in [-0.15, -0.1) is 11.3 Å². The lowest BCUT2D eigenvalue weighted by atomic mass is 9.90. The zero-order valence-corrected chi connectivity index (χ0v) is 20.9. The van der Waals surface area contributed by atoms with Gasteiger partial charge in [-0.05, 0) is 24.5 Å². The van der Waals surface area contributed by atoms with E-state index < -0.39 is 0 Å². The Labute approximate surface area is 206 Å². The lowest BCUT2D eigenvalue weighted by molar-refractivity contribution is -0.0543. The van der Waals surface area contributed by atoms with Crippen molar-refractivity contribution in [2.45, 2.75) is 50.6 Å². The van der Waals surface area contributed by atoms with Gasteiger partial charge in [0.1, 0.15) is 4.83 Å². The van der Waals surface area contributed by atoms with E-state index in [0.29, 0.717) is 35.7 Å². The van der Waals surface area contributed by atoms with Crippen molar-refractivity contribution in [1.82, 2.24) is 9.55 Å². The van der Waals surface area contributed by atoms with Crippen molar-refractivity contribution in [3.8, 4) is 0 Å². The monoisotopic (exact) mass is 490 g/mol. The second kappa shape index (κ2) is 9.49. The minimum atomic E-state index is -0.271. The molecule has 0 amide bonds. The summed E-state index contributed by atoms with van der Waals surface area (Å²) in [6, 6.07) is 19.1. The summed E-state index contributed by atoms with van der Waals surface area (Å²) in [4.78, 5) is 33.4. The normalized spacial score (nSPS) is 17.6. The first kappa shape index (κ1) is 23.0.